The topological polar surface area (TPSA) is 134 Å². The molecule has 0 aliphatic heterocycles. The Morgan fingerprint density at radius 3 is 2.33 bits per heavy atom. The molecule has 0 unspecified atom stereocenters. The van der Waals surface area contributed by atoms with Gasteiger partial charge in [-0.15, -0.1) is 0 Å². The van der Waals surface area contributed by atoms with Crippen molar-refractivity contribution in [1.82, 2.24) is 15.3 Å². The molecule has 0 radical (unpaired) electrons. The molecule has 1 heterocycles. The number of esters is 1. The number of benzene rings is 2. The van der Waals surface area contributed by atoms with Crippen molar-refractivity contribution in [2.24, 2.45) is 0 Å². The number of nitrogens with one attached hydrogen (secondary N) is 1. The molecule has 1 amide bonds. The molecule has 0 atom stereocenters. The van der Waals surface area contributed by atoms with Crippen molar-refractivity contribution in [2.75, 3.05) is 13.2 Å². The van der Waals surface area contributed by atoms with Crippen LogP contribution in [0.1, 0.15) is 34.4 Å². The summed E-state index contributed by atoms with van der Waals surface area (Å²) in [5.74, 6) is -4.26. The lowest BCUT2D eigenvalue weighted by Crippen LogP contribution is -2.32. The average Bonchev–Trinajstić information content (AvgIpc) is 2.88. The molecule has 40 heavy (non-hydrogen) atoms. The number of hydrogen-bond donors (Lipinski definition) is 1. The average molecular weight is 622 g/mol. The second-order valence-electron chi connectivity index (χ2n) is 7.79. The second-order valence-corrected chi connectivity index (χ2v) is 10.1. The first-order valence-corrected chi connectivity index (χ1v) is 13.4. The van der Waals surface area contributed by atoms with Crippen molar-refractivity contribution < 1.29 is 44.8 Å². The Hall–Kier alpha value is -3.62. The van der Waals surface area contributed by atoms with Crippen LogP contribution in [-0.4, -0.2) is 48.9 Å². The highest BCUT2D eigenvalue weighted by Gasteiger charge is 2.49. The van der Waals surface area contributed by atoms with Crippen molar-refractivity contribution in [2.45, 2.75) is 25.5 Å². The van der Waals surface area contributed by atoms with E-state index in [1.807, 2.05) is 0 Å². The third-order valence-corrected chi connectivity index (χ3v) is 6.52. The third kappa shape index (κ3) is 8.19. The summed E-state index contributed by atoms with van der Waals surface area (Å²) >= 11 is 11.9. The summed E-state index contributed by atoms with van der Waals surface area (Å²) in [5, 5.41) is 2.56. The van der Waals surface area contributed by atoms with E-state index in [0.29, 0.717) is 11.1 Å². The zero-order valence-electron chi connectivity index (χ0n) is 20.5. The maximum Gasteiger partial charge on any atom is 0.534 e. The summed E-state index contributed by atoms with van der Waals surface area (Å²) in [7, 11) is -6.25. The normalized spacial score (nSPS) is 11.6. The lowest BCUT2D eigenvalue weighted by molar-refractivity contribution is -0.141. The van der Waals surface area contributed by atoms with Crippen LogP contribution in [0.25, 0.3) is 0 Å². The van der Waals surface area contributed by atoms with Gasteiger partial charge in [0.25, 0.3) is 11.8 Å². The van der Waals surface area contributed by atoms with E-state index in [-0.39, 0.29) is 35.5 Å². The van der Waals surface area contributed by atoms with Crippen LogP contribution in [0.4, 0.5) is 13.2 Å². The number of carbonyl (C=O) groups excluding carboxylic acids is 2. The predicted molar refractivity (Wildman–Crippen MR) is 137 cm³/mol. The first-order valence-electron chi connectivity index (χ1n) is 11.3. The largest absolute Gasteiger partial charge is 0.534 e. The van der Waals surface area contributed by atoms with E-state index in [4.69, 9.17) is 32.7 Å². The van der Waals surface area contributed by atoms with Gasteiger partial charge < -0.3 is 19.0 Å². The van der Waals surface area contributed by atoms with Crippen LogP contribution in [0, 0.1) is 0 Å². The molecule has 0 spiro atoms. The first-order chi connectivity index (χ1) is 18.8. The second kappa shape index (κ2) is 13.2. The van der Waals surface area contributed by atoms with Gasteiger partial charge in [0.1, 0.15) is 19.0 Å². The van der Waals surface area contributed by atoms with E-state index >= 15 is 0 Å². The number of carbonyl (C=O) groups is 2. The van der Waals surface area contributed by atoms with Gasteiger partial charge in [-0.3, -0.25) is 9.59 Å². The number of nitrogens with zero attached hydrogens (tertiary/aromatic N) is 2. The molecule has 1 aromatic heterocycles. The lowest BCUT2D eigenvalue weighted by atomic mass is 10.1. The Labute approximate surface area is 236 Å². The molecule has 0 saturated heterocycles. The quantitative estimate of drug-likeness (QED) is 0.187. The Balaban J connectivity index is 2.12. The molecule has 0 fully saturated rings. The van der Waals surface area contributed by atoms with Crippen LogP contribution in [0.5, 0.6) is 11.6 Å². The van der Waals surface area contributed by atoms with Crippen molar-refractivity contribution in [1.29, 1.82) is 0 Å². The van der Waals surface area contributed by atoms with Gasteiger partial charge in [0, 0.05) is 6.42 Å². The number of halogens is 5. The summed E-state index contributed by atoms with van der Waals surface area (Å²) < 4.78 is 78.1. The van der Waals surface area contributed by atoms with Crippen LogP contribution in [0.15, 0.2) is 48.5 Å². The predicted octanol–water partition coefficient (Wildman–Crippen LogP) is 4.47. The number of rotatable bonds is 11. The van der Waals surface area contributed by atoms with Crippen LogP contribution in [-0.2, 0) is 32.7 Å². The molecule has 10 nitrogen and oxygen atoms in total. The molecule has 214 valence electrons. The van der Waals surface area contributed by atoms with Crippen LogP contribution < -0.4 is 14.2 Å². The number of ether oxygens (including phenoxy) is 2. The minimum Gasteiger partial charge on any atom is -0.481 e. The first kappa shape index (κ1) is 30.9. The molecule has 0 bridgehead atoms. The van der Waals surface area contributed by atoms with E-state index in [0.717, 1.165) is 0 Å². The van der Waals surface area contributed by atoms with Gasteiger partial charge in [0.2, 0.25) is 5.75 Å². The molecule has 3 rings (SSSR count). The molecule has 16 heteroatoms. The fraction of sp³-hybridized carbons (Fsp3) is 0.250. The van der Waals surface area contributed by atoms with Crippen molar-refractivity contribution in [3.63, 3.8) is 0 Å². The van der Waals surface area contributed by atoms with E-state index in [9.17, 15) is 31.2 Å². The summed E-state index contributed by atoms with van der Waals surface area (Å²) in [6.07, 6.45) is -0.240. The smallest absolute Gasteiger partial charge is 0.481 e. The van der Waals surface area contributed by atoms with Crippen LogP contribution >= 0.6 is 23.2 Å². The van der Waals surface area contributed by atoms with Gasteiger partial charge >= 0.3 is 21.6 Å². The van der Waals surface area contributed by atoms with Gasteiger partial charge in [-0.25, -0.2) is 4.98 Å². The number of aromatic nitrogens is 2. The number of alkyl halides is 3. The molecule has 1 N–H and O–H groups in total. The van der Waals surface area contributed by atoms with E-state index < -0.39 is 51.4 Å². The molecule has 3 aromatic rings. The van der Waals surface area contributed by atoms with E-state index in [1.54, 1.807) is 37.3 Å². The summed E-state index contributed by atoms with van der Waals surface area (Å²) in [5.41, 5.74) is -5.61. The highest BCUT2D eigenvalue weighted by molar-refractivity contribution is 7.88. The third-order valence-electron chi connectivity index (χ3n) is 4.84. The SMILES string of the molecule is CCOC(=O)CNC(=O)c1nc(Cc2ccc(Cl)c(Cl)c2)nc(OS(=O)(=O)C(F)(F)F)c1OCc1ccccc1. The van der Waals surface area contributed by atoms with Gasteiger partial charge in [-0.05, 0) is 30.2 Å². The van der Waals surface area contributed by atoms with E-state index in [1.165, 1.54) is 18.2 Å². The fourth-order valence-corrected chi connectivity index (χ4v) is 3.79. The monoisotopic (exact) mass is 621 g/mol. The van der Waals surface area contributed by atoms with Gasteiger partial charge in [-0.2, -0.15) is 26.6 Å². The van der Waals surface area contributed by atoms with E-state index in [2.05, 4.69) is 19.5 Å². The van der Waals surface area contributed by atoms with Crippen molar-refractivity contribution in [3.8, 4) is 11.6 Å². The summed E-state index contributed by atoms with van der Waals surface area (Å²) in [6, 6.07) is 12.6. The highest BCUT2D eigenvalue weighted by Crippen LogP contribution is 2.35. The lowest BCUT2D eigenvalue weighted by Gasteiger charge is -2.17. The summed E-state index contributed by atoms with van der Waals surface area (Å²) in [6.45, 7) is 0.597. The number of hydrogen-bond acceptors (Lipinski definition) is 9. The maximum absolute atomic E-state index is 13.2. The van der Waals surface area contributed by atoms with Gasteiger partial charge in [0.15, 0.2) is 5.69 Å². The van der Waals surface area contributed by atoms with Crippen LogP contribution in [0.3, 0.4) is 0 Å². The number of amides is 1. The zero-order chi connectivity index (χ0) is 29.5. The van der Waals surface area contributed by atoms with Crippen molar-refractivity contribution >= 4 is 45.2 Å². The summed E-state index contributed by atoms with van der Waals surface area (Å²) in [4.78, 5) is 32.7. The minimum absolute atomic E-state index is 0.0226. The Morgan fingerprint density at radius 2 is 1.70 bits per heavy atom. The standard InChI is InChI=1S/C24H20Cl2F3N3O7S/c1-2-37-19(33)12-30-22(34)20-21(38-13-14-6-4-3-5-7-14)23(39-40(35,36)24(27,28)29)32-18(31-20)11-15-8-9-16(25)17(26)10-15/h3-10H,2,11-13H2,1H3,(H,30,34). The molecule has 0 saturated carbocycles. The van der Waals surface area contributed by atoms with Gasteiger partial charge in [0.05, 0.1) is 16.7 Å². The molecular formula is C24H20Cl2F3N3O7S. The Morgan fingerprint density at radius 1 is 1.00 bits per heavy atom. The van der Waals surface area contributed by atoms with Gasteiger partial charge in [-0.1, -0.05) is 59.6 Å². The maximum atomic E-state index is 13.2. The Bertz CT molecular complexity index is 1490. The Kier molecular flexibility index (Phi) is 10.2. The molecule has 2 aromatic carbocycles. The molecule has 0 aliphatic rings. The highest BCUT2D eigenvalue weighted by atomic mass is 35.5. The van der Waals surface area contributed by atoms with Crippen LogP contribution in [0.2, 0.25) is 10.0 Å². The zero-order valence-corrected chi connectivity index (χ0v) is 22.8. The van der Waals surface area contributed by atoms with Crippen molar-refractivity contribution in [3.05, 3.63) is 81.2 Å². The minimum atomic E-state index is -6.25. The fourth-order valence-electron chi connectivity index (χ4n) is 3.05. The molecule has 0 aliphatic carbocycles. The molecular weight excluding hydrogens is 602 g/mol.